The van der Waals surface area contributed by atoms with Crippen LogP contribution in [0.25, 0.3) is 11.4 Å². The third kappa shape index (κ3) is 2.81. The van der Waals surface area contributed by atoms with Crippen LogP contribution in [0.4, 0.5) is 4.39 Å². The molecule has 17 heavy (non-hydrogen) atoms. The van der Waals surface area contributed by atoms with E-state index in [1.165, 1.54) is 6.07 Å². The van der Waals surface area contributed by atoms with Gasteiger partial charge in [-0.05, 0) is 37.6 Å². The Labute approximate surface area is 104 Å². The lowest BCUT2D eigenvalue weighted by atomic mass is 10.1. The largest absolute Gasteiger partial charge is 0.337 e. The molecule has 0 aliphatic rings. The van der Waals surface area contributed by atoms with Crippen molar-refractivity contribution in [3.05, 3.63) is 35.5 Å². The first-order valence-corrected chi connectivity index (χ1v) is 4.93. The van der Waals surface area contributed by atoms with Crippen LogP contribution in [0.2, 0.25) is 0 Å². The van der Waals surface area contributed by atoms with Crippen molar-refractivity contribution >= 4 is 12.4 Å². The lowest BCUT2D eigenvalue weighted by Gasteiger charge is -1.98. The van der Waals surface area contributed by atoms with Gasteiger partial charge in [0.2, 0.25) is 11.7 Å². The van der Waals surface area contributed by atoms with Crippen molar-refractivity contribution in [3.8, 4) is 11.4 Å². The number of halogens is 2. The van der Waals surface area contributed by atoms with Crippen LogP contribution in [0.3, 0.4) is 0 Å². The summed E-state index contributed by atoms with van der Waals surface area (Å²) in [6.45, 7) is 3.44. The molecule has 0 aliphatic heterocycles. The van der Waals surface area contributed by atoms with Gasteiger partial charge >= 0.3 is 0 Å². The van der Waals surface area contributed by atoms with Crippen molar-refractivity contribution in [2.24, 2.45) is 5.73 Å². The highest BCUT2D eigenvalue weighted by molar-refractivity contribution is 5.85. The van der Waals surface area contributed by atoms with Crippen molar-refractivity contribution in [1.82, 2.24) is 10.1 Å². The van der Waals surface area contributed by atoms with Gasteiger partial charge in [-0.1, -0.05) is 5.16 Å². The number of aromatic nitrogens is 2. The number of hydrogen-bond acceptors (Lipinski definition) is 4. The molecule has 1 unspecified atom stereocenters. The Kier molecular flexibility index (Phi) is 4.20. The second-order valence-electron chi connectivity index (χ2n) is 3.71. The molecule has 0 fully saturated rings. The van der Waals surface area contributed by atoms with Crippen molar-refractivity contribution in [1.29, 1.82) is 0 Å². The summed E-state index contributed by atoms with van der Waals surface area (Å²) < 4.78 is 18.0. The van der Waals surface area contributed by atoms with Crippen molar-refractivity contribution < 1.29 is 8.91 Å². The molecule has 0 saturated heterocycles. The zero-order valence-electron chi connectivity index (χ0n) is 9.48. The van der Waals surface area contributed by atoms with Crippen LogP contribution >= 0.6 is 12.4 Å². The molecular formula is C11H13ClFN3O. The number of aryl methyl sites for hydroxylation is 1. The molecule has 0 amide bonds. The van der Waals surface area contributed by atoms with Crippen LogP contribution in [-0.4, -0.2) is 10.1 Å². The molecule has 0 spiro atoms. The summed E-state index contributed by atoms with van der Waals surface area (Å²) in [5, 5.41) is 3.79. The molecule has 0 bridgehead atoms. The van der Waals surface area contributed by atoms with Gasteiger partial charge in [-0.3, -0.25) is 0 Å². The Bertz CT molecular complexity index is 513. The predicted octanol–water partition coefficient (Wildman–Crippen LogP) is 2.63. The Balaban J connectivity index is 0.00000144. The zero-order valence-corrected chi connectivity index (χ0v) is 10.3. The van der Waals surface area contributed by atoms with Gasteiger partial charge in [0.15, 0.2) is 0 Å². The number of hydrogen-bond donors (Lipinski definition) is 1. The molecule has 1 atom stereocenters. The quantitative estimate of drug-likeness (QED) is 0.898. The van der Waals surface area contributed by atoms with Crippen LogP contribution in [0.15, 0.2) is 22.7 Å². The molecule has 1 aromatic carbocycles. The molecule has 0 saturated carbocycles. The fraction of sp³-hybridized carbons (Fsp3) is 0.273. The molecule has 2 N–H and O–H groups in total. The molecule has 2 aromatic rings. The van der Waals surface area contributed by atoms with Crippen molar-refractivity contribution in [3.63, 3.8) is 0 Å². The smallest absolute Gasteiger partial charge is 0.243 e. The molecule has 6 heteroatoms. The average molecular weight is 258 g/mol. The summed E-state index contributed by atoms with van der Waals surface area (Å²) in [6, 6.07) is 4.36. The summed E-state index contributed by atoms with van der Waals surface area (Å²) >= 11 is 0. The molecule has 2 rings (SSSR count). The minimum Gasteiger partial charge on any atom is -0.337 e. The highest BCUT2D eigenvalue weighted by atomic mass is 35.5. The first kappa shape index (κ1) is 13.6. The van der Waals surface area contributed by atoms with Gasteiger partial charge in [-0.2, -0.15) is 4.98 Å². The lowest BCUT2D eigenvalue weighted by molar-refractivity contribution is 0.362. The van der Waals surface area contributed by atoms with Gasteiger partial charge in [-0.25, -0.2) is 4.39 Å². The maximum atomic E-state index is 13.1. The van der Waals surface area contributed by atoms with Crippen LogP contribution in [0, 0.1) is 12.7 Å². The monoisotopic (exact) mass is 257 g/mol. The van der Waals surface area contributed by atoms with Crippen molar-refractivity contribution in [2.45, 2.75) is 19.9 Å². The summed E-state index contributed by atoms with van der Waals surface area (Å²) in [7, 11) is 0. The molecule has 4 nitrogen and oxygen atoms in total. The molecule has 0 radical (unpaired) electrons. The average Bonchev–Trinajstić information content (AvgIpc) is 2.71. The Hall–Kier alpha value is -1.46. The van der Waals surface area contributed by atoms with Gasteiger partial charge in [0.25, 0.3) is 0 Å². The molecule has 92 valence electrons. The topological polar surface area (TPSA) is 64.9 Å². The maximum absolute atomic E-state index is 13.1. The summed E-state index contributed by atoms with van der Waals surface area (Å²) in [5.41, 5.74) is 6.87. The van der Waals surface area contributed by atoms with Crippen LogP contribution in [0.1, 0.15) is 24.4 Å². The second-order valence-corrected chi connectivity index (χ2v) is 3.71. The summed E-state index contributed by atoms with van der Waals surface area (Å²) in [6.07, 6.45) is 0. The van der Waals surface area contributed by atoms with E-state index < -0.39 is 0 Å². The highest BCUT2D eigenvalue weighted by Gasteiger charge is 2.12. The number of nitrogens with zero attached hydrogens (tertiary/aromatic N) is 2. The minimum atomic E-state index is -0.303. The molecule has 1 aromatic heterocycles. The number of benzene rings is 1. The Morgan fingerprint density at radius 1 is 1.41 bits per heavy atom. The summed E-state index contributed by atoms with van der Waals surface area (Å²) in [4.78, 5) is 4.13. The van der Waals surface area contributed by atoms with E-state index in [1.54, 1.807) is 26.0 Å². The van der Waals surface area contributed by atoms with E-state index in [0.29, 0.717) is 17.3 Å². The second kappa shape index (κ2) is 5.25. The van der Waals surface area contributed by atoms with Crippen LogP contribution in [-0.2, 0) is 0 Å². The normalized spacial score (nSPS) is 12.0. The fourth-order valence-electron chi connectivity index (χ4n) is 1.32. The molecular weight excluding hydrogens is 245 g/mol. The Morgan fingerprint density at radius 2 is 2.12 bits per heavy atom. The van der Waals surface area contributed by atoms with Gasteiger partial charge in [0.05, 0.1) is 6.04 Å². The third-order valence-corrected chi connectivity index (χ3v) is 2.25. The number of rotatable bonds is 2. The highest BCUT2D eigenvalue weighted by Crippen LogP contribution is 2.20. The maximum Gasteiger partial charge on any atom is 0.243 e. The fourth-order valence-corrected chi connectivity index (χ4v) is 1.32. The molecule has 1 heterocycles. The number of nitrogens with two attached hydrogens (primary N) is 1. The Morgan fingerprint density at radius 3 is 2.65 bits per heavy atom. The predicted molar refractivity (Wildman–Crippen MR) is 64.3 cm³/mol. The van der Waals surface area contributed by atoms with Gasteiger partial charge in [-0.15, -0.1) is 12.4 Å². The molecule has 0 aliphatic carbocycles. The van der Waals surface area contributed by atoms with Crippen molar-refractivity contribution in [2.75, 3.05) is 0 Å². The standard InChI is InChI=1S/C11H12FN3O.ClH/c1-6-5-8(3-4-9(6)12)10-14-11(7(2)13)16-15-10;/h3-5,7H,13H2,1-2H3;1H. The van der Waals surface area contributed by atoms with Gasteiger partial charge in [0.1, 0.15) is 5.82 Å². The van der Waals surface area contributed by atoms with E-state index in [0.717, 1.165) is 5.56 Å². The first-order chi connectivity index (χ1) is 7.58. The minimum absolute atomic E-state index is 0. The van der Waals surface area contributed by atoms with E-state index >= 15 is 0 Å². The van der Waals surface area contributed by atoms with E-state index in [2.05, 4.69) is 10.1 Å². The van der Waals surface area contributed by atoms with E-state index in [4.69, 9.17) is 10.3 Å². The lowest BCUT2D eigenvalue weighted by Crippen LogP contribution is -2.04. The summed E-state index contributed by atoms with van der Waals surface area (Å²) in [5.74, 6) is 0.548. The van der Waals surface area contributed by atoms with Gasteiger partial charge < -0.3 is 10.3 Å². The first-order valence-electron chi connectivity index (χ1n) is 4.93. The van der Waals surface area contributed by atoms with E-state index in [1.807, 2.05) is 0 Å². The van der Waals surface area contributed by atoms with Crippen LogP contribution < -0.4 is 5.73 Å². The SMILES string of the molecule is Cc1cc(-c2noc(C(C)N)n2)ccc1F.Cl. The van der Waals surface area contributed by atoms with Gasteiger partial charge in [0, 0.05) is 5.56 Å². The zero-order chi connectivity index (χ0) is 11.7. The van der Waals surface area contributed by atoms with E-state index in [9.17, 15) is 4.39 Å². The van der Waals surface area contributed by atoms with Crippen LogP contribution in [0.5, 0.6) is 0 Å². The third-order valence-electron chi connectivity index (χ3n) is 2.25. The van der Waals surface area contributed by atoms with E-state index in [-0.39, 0.29) is 24.3 Å².